The van der Waals surface area contributed by atoms with E-state index in [-0.39, 0.29) is 0 Å². The van der Waals surface area contributed by atoms with Crippen molar-refractivity contribution >= 4 is 31.9 Å². The summed E-state index contributed by atoms with van der Waals surface area (Å²) in [6, 6.07) is 4.93. The number of halogens is 2. The van der Waals surface area contributed by atoms with E-state index in [1.807, 2.05) is 6.92 Å². The van der Waals surface area contributed by atoms with E-state index in [2.05, 4.69) is 63.2 Å². The van der Waals surface area contributed by atoms with Gasteiger partial charge in [0.2, 0.25) is 0 Å². The minimum absolute atomic E-state index is 0.498. The maximum atomic E-state index is 5.61. The Labute approximate surface area is 138 Å². The second kappa shape index (κ2) is 6.80. The van der Waals surface area contributed by atoms with Crippen LogP contribution in [0.1, 0.15) is 45.6 Å². The van der Waals surface area contributed by atoms with Gasteiger partial charge in [-0.25, -0.2) is 0 Å². The molecule has 0 aliphatic heterocycles. The van der Waals surface area contributed by atoms with Gasteiger partial charge in [-0.3, -0.25) is 0 Å². The van der Waals surface area contributed by atoms with Crippen LogP contribution >= 0.6 is 31.9 Å². The Kier molecular flexibility index (Phi) is 5.55. The molecule has 1 aromatic carbocycles. The number of ether oxygens (including phenoxy) is 1. The lowest BCUT2D eigenvalue weighted by atomic mass is 9.92. The Hall–Kier alpha value is -0.0600. The minimum Gasteiger partial charge on any atom is -0.492 e. The monoisotopic (exact) mass is 403 g/mol. The Morgan fingerprint density at radius 1 is 1.30 bits per heavy atom. The molecule has 1 unspecified atom stereocenters. The molecule has 4 heteroatoms. The molecule has 0 saturated heterocycles. The fourth-order valence-electron chi connectivity index (χ4n) is 2.87. The molecule has 0 spiro atoms. The fraction of sp³-hybridized carbons (Fsp3) is 0.625. The zero-order valence-corrected chi connectivity index (χ0v) is 15.6. The average Bonchev–Trinajstić information content (AvgIpc) is 2.71. The van der Waals surface area contributed by atoms with E-state index in [9.17, 15) is 0 Å². The molecule has 1 saturated carbocycles. The van der Waals surface area contributed by atoms with Crippen molar-refractivity contribution in [2.24, 2.45) is 5.41 Å². The molecule has 1 aromatic rings. The maximum absolute atomic E-state index is 5.61. The van der Waals surface area contributed by atoms with E-state index in [4.69, 9.17) is 4.74 Å². The summed E-state index contributed by atoms with van der Waals surface area (Å²) >= 11 is 7.18. The molecule has 2 rings (SSSR count). The Bertz CT molecular complexity index is 451. The highest BCUT2D eigenvalue weighted by molar-refractivity contribution is 9.11. The first-order valence-corrected chi connectivity index (χ1v) is 8.84. The third-order valence-electron chi connectivity index (χ3n) is 3.91. The molecule has 0 bridgehead atoms. The summed E-state index contributed by atoms with van der Waals surface area (Å²) in [6.45, 7) is 8.30. The summed E-state index contributed by atoms with van der Waals surface area (Å²) in [4.78, 5) is 0. The van der Waals surface area contributed by atoms with Gasteiger partial charge in [-0.1, -0.05) is 13.8 Å². The topological polar surface area (TPSA) is 21.3 Å². The summed E-state index contributed by atoms with van der Waals surface area (Å²) in [5.74, 6) is 0.887. The van der Waals surface area contributed by atoms with E-state index in [0.29, 0.717) is 18.1 Å². The van der Waals surface area contributed by atoms with Crippen molar-refractivity contribution in [1.82, 2.24) is 5.32 Å². The maximum Gasteiger partial charge on any atom is 0.147 e. The predicted molar refractivity (Wildman–Crippen MR) is 91.3 cm³/mol. The summed E-state index contributed by atoms with van der Waals surface area (Å²) in [5.41, 5.74) is 1.77. The minimum atomic E-state index is 0.498. The molecule has 1 aliphatic carbocycles. The van der Waals surface area contributed by atoms with Gasteiger partial charge in [0.1, 0.15) is 5.75 Å². The van der Waals surface area contributed by atoms with Crippen molar-refractivity contribution in [3.63, 3.8) is 0 Å². The number of benzene rings is 1. The van der Waals surface area contributed by atoms with Crippen molar-refractivity contribution in [1.29, 1.82) is 0 Å². The standard InChI is InChI=1S/C16H23Br2NO/c1-4-20-15-13(17)7-11(8-14(15)18)10-19-12-5-6-16(2,3)9-12/h7-8,12,19H,4-6,9-10H2,1-3H3. The third-order valence-corrected chi connectivity index (χ3v) is 5.09. The van der Waals surface area contributed by atoms with Gasteiger partial charge in [-0.2, -0.15) is 0 Å². The third kappa shape index (κ3) is 4.22. The molecule has 0 radical (unpaired) electrons. The smallest absolute Gasteiger partial charge is 0.147 e. The van der Waals surface area contributed by atoms with E-state index < -0.39 is 0 Å². The van der Waals surface area contributed by atoms with Crippen LogP contribution in [0, 0.1) is 5.41 Å². The normalized spacial score (nSPS) is 21.1. The zero-order valence-electron chi connectivity index (χ0n) is 12.4. The molecular weight excluding hydrogens is 382 g/mol. The van der Waals surface area contributed by atoms with Gasteiger partial charge in [0, 0.05) is 12.6 Å². The largest absolute Gasteiger partial charge is 0.492 e. The van der Waals surface area contributed by atoms with Gasteiger partial charge >= 0.3 is 0 Å². The van der Waals surface area contributed by atoms with Crippen molar-refractivity contribution in [3.05, 3.63) is 26.6 Å². The lowest BCUT2D eigenvalue weighted by Gasteiger charge is -2.18. The van der Waals surface area contributed by atoms with Crippen LogP contribution in [0.2, 0.25) is 0 Å². The van der Waals surface area contributed by atoms with E-state index in [1.54, 1.807) is 0 Å². The molecule has 0 heterocycles. The first-order chi connectivity index (χ1) is 9.41. The molecule has 1 fully saturated rings. The van der Waals surface area contributed by atoms with Crippen LogP contribution in [0.15, 0.2) is 21.1 Å². The van der Waals surface area contributed by atoms with Gasteiger partial charge < -0.3 is 10.1 Å². The van der Waals surface area contributed by atoms with Gasteiger partial charge in [-0.05, 0) is 81.2 Å². The highest BCUT2D eigenvalue weighted by atomic mass is 79.9. The van der Waals surface area contributed by atoms with Crippen molar-refractivity contribution in [2.75, 3.05) is 6.61 Å². The van der Waals surface area contributed by atoms with Gasteiger partial charge in [0.15, 0.2) is 0 Å². The molecule has 0 aromatic heterocycles. The second-order valence-electron chi connectivity index (χ2n) is 6.31. The summed E-state index contributed by atoms with van der Waals surface area (Å²) < 4.78 is 7.64. The van der Waals surface area contributed by atoms with Gasteiger partial charge in [0.05, 0.1) is 15.6 Å². The first kappa shape index (κ1) is 16.3. The summed E-state index contributed by atoms with van der Waals surface area (Å²) in [5, 5.41) is 3.68. The number of hydrogen-bond donors (Lipinski definition) is 1. The Balaban J connectivity index is 1.97. The van der Waals surface area contributed by atoms with Crippen molar-refractivity contribution < 1.29 is 4.74 Å². The van der Waals surface area contributed by atoms with Crippen LogP contribution in [0.3, 0.4) is 0 Å². The molecule has 1 aliphatic rings. The van der Waals surface area contributed by atoms with E-state index in [0.717, 1.165) is 21.2 Å². The molecule has 1 N–H and O–H groups in total. The molecule has 1 atom stereocenters. The number of rotatable bonds is 5. The molecule has 20 heavy (non-hydrogen) atoms. The van der Waals surface area contributed by atoms with Crippen LogP contribution in [-0.2, 0) is 6.54 Å². The number of hydrogen-bond acceptors (Lipinski definition) is 2. The highest BCUT2D eigenvalue weighted by Gasteiger charge is 2.30. The lowest BCUT2D eigenvalue weighted by molar-refractivity contribution is 0.335. The highest BCUT2D eigenvalue weighted by Crippen LogP contribution is 2.38. The summed E-state index contributed by atoms with van der Waals surface area (Å²) in [7, 11) is 0. The van der Waals surface area contributed by atoms with E-state index in [1.165, 1.54) is 24.8 Å². The van der Waals surface area contributed by atoms with Crippen molar-refractivity contribution in [3.8, 4) is 5.75 Å². The van der Waals surface area contributed by atoms with Gasteiger partial charge in [0.25, 0.3) is 0 Å². The van der Waals surface area contributed by atoms with Crippen molar-refractivity contribution in [2.45, 2.75) is 52.6 Å². The lowest BCUT2D eigenvalue weighted by Crippen LogP contribution is -2.26. The van der Waals surface area contributed by atoms with Gasteiger partial charge in [-0.15, -0.1) is 0 Å². The Morgan fingerprint density at radius 3 is 2.45 bits per heavy atom. The van der Waals surface area contributed by atoms with Crippen LogP contribution in [0.25, 0.3) is 0 Å². The van der Waals surface area contributed by atoms with E-state index >= 15 is 0 Å². The molecular formula is C16H23Br2NO. The van der Waals surface area contributed by atoms with Crippen LogP contribution in [0.5, 0.6) is 5.75 Å². The Morgan fingerprint density at radius 2 is 1.95 bits per heavy atom. The first-order valence-electron chi connectivity index (χ1n) is 7.25. The quantitative estimate of drug-likeness (QED) is 0.720. The predicted octanol–water partition coefficient (Wildman–Crippen LogP) is 5.28. The average molecular weight is 405 g/mol. The molecule has 2 nitrogen and oxygen atoms in total. The van der Waals surface area contributed by atoms with Crippen LogP contribution in [0.4, 0.5) is 0 Å². The molecule has 112 valence electrons. The fourth-order valence-corrected chi connectivity index (χ4v) is 4.38. The summed E-state index contributed by atoms with van der Waals surface area (Å²) in [6.07, 6.45) is 3.88. The SMILES string of the molecule is CCOc1c(Br)cc(CNC2CCC(C)(C)C2)cc1Br. The van der Waals surface area contributed by atoms with Crippen LogP contribution in [-0.4, -0.2) is 12.6 Å². The van der Waals surface area contributed by atoms with Crippen LogP contribution < -0.4 is 10.1 Å². The molecule has 0 amide bonds. The second-order valence-corrected chi connectivity index (χ2v) is 8.02. The zero-order chi connectivity index (χ0) is 14.8. The number of nitrogens with one attached hydrogen (secondary N) is 1.